The van der Waals surface area contributed by atoms with Crippen molar-refractivity contribution in [3.8, 4) is 0 Å². The fraction of sp³-hybridized carbons (Fsp3) is 0.385. The second-order valence-corrected chi connectivity index (χ2v) is 6.31. The predicted molar refractivity (Wildman–Crippen MR) is 77.4 cm³/mol. The van der Waals surface area contributed by atoms with Crippen molar-refractivity contribution in [2.45, 2.75) is 24.4 Å². The summed E-state index contributed by atoms with van der Waals surface area (Å²) >= 11 is 8.63. The van der Waals surface area contributed by atoms with Crippen LogP contribution in [-0.4, -0.2) is 20.9 Å². The van der Waals surface area contributed by atoms with E-state index in [-0.39, 0.29) is 5.41 Å². The van der Waals surface area contributed by atoms with Gasteiger partial charge in [-0.15, -0.1) is 0 Å². The average Bonchev–Trinajstić information content (AvgIpc) is 2.66. The highest BCUT2D eigenvalue weighted by Crippen LogP contribution is 2.49. The summed E-state index contributed by atoms with van der Waals surface area (Å²) in [6.07, 6.45) is 0.137. The van der Waals surface area contributed by atoms with Crippen molar-refractivity contribution in [2.75, 3.05) is 0 Å². The van der Waals surface area contributed by atoms with Gasteiger partial charge >= 0.3 is 0 Å². The molecule has 0 radical (unpaired) electrons. The Kier molecular flexibility index (Phi) is 3.09. The molecular formula is C13H13BrFN3S. The zero-order valence-corrected chi connectivity index (χ0v) is 12.8. The first-order chi connectivity index (χ1) is 9.03. The molecule has 0 spiro atoms. The lowest BCUT2D eigenvalue weighted by molar-refractivity contribution is 0.114. The fourth-order valence-electron chi connectivity index (χ4n) is 2.80. The van der Waals surface area contributed by atoms with E-state index in [2.05, 4.69) is 26.1 Å². The molecule has 19 heavy (non-hydrogen) atoms. The van der Waals surface area contributed by atoms with Crippen molar-refractivity contribution in [3.05, 3.63) is 44.9 Å². The molecule has 2 aromatic rings. The van der Waals surface area contributed by atoms with Gasteiger partial charge in [0, 0.05) is 11.5 Å². The number of nitrogens with zero attached hydrogens (tertiary/aromatic N) is 2. The summed E-state index contributed by atoms with van der Waals surface area (Å²) in [4.78, 5) is 0. The third-order valence-corrected chi connectivity index (χ3v) is 4.68. The topological polar surface area (TPSA) is 33.6 Å². The normalized spacial score (nSPS) is 26.2. The minimum Gasteiger partial charge on any atom is -0.307 e. The molecule has 6 heteroatoms. The molecule has 1 aromatic carbocycles. The SMILES string of the molecule is Cn1c(C2(c3cccc(Br)c3)CC(F)C2)n[nH]c1=S. The third-order valence-electron chi connectivity index (χ3n) is 3.82. The van der Waals surface area contributed by atoms with Crippen molar-refractivity contribution < 1.29 is 4.39 Å². The lowest BCUT2D eigenvalue weighted by Gasteiger charge is -2.43. The molecule has 1 aromatic heterocycles. The Morgan fingerprint density at radius 2 is 2.26 bits per heavy atom. The average molecular weight is 342 g/mol. The first-order valence-corrected chi connectivity index (χ1v) is 7.25. The van der Waals surface area contributed by atoms with E-state index in [0.717, 1.165) is 15.9 Å². The molecule has 1 N–H and O–H groups in total. The number of hydrogen-bond acceptors (Lipinski definition) is 2. The van der Waals surface area contributed by atoms with Crippen LogP contribution in [0.4, 0.5) is 4.39 Å². The van der Waals surface area contributed by atoms with Gasteiger partial charge in [-0.25, -0.2) is 4.39 Å². The second-order valence-electron chi connectivity index (χ2n) is 5.01. The Hall–Kier alpha value is -1.01. The van der Waals surface area contributed by atoms with Crippen molar-refractivity contribution in [3.63, 3.8) is 0 Å². The summed E-state index contributed by atoms with van der Waals surface area (Å²) < 4.78 is 16.9. The molecule has 0 aliphatic heterocycles. The van der Waals surface area contributed by atoms with E-state index in [9.17, 15) is 4.39 Å². The van der Waals surface area contributed by atoms with Gasteiger partial charge in [-0.3, -0.25) is 5.10 Å². The Balaban J connectivity index is 2.15. The highest BCUT2D eigenvalue weighted by atomic mass is 79.9. The van der Waals surface area contributed by atoms with Crippen LogP contribution in [-0.2, 0) is 12.5 Å². The van der Waals surface area contributed by atoms with Gasteiger partial charge in [-0.1, -0.05) is 28.1 Å². The van der Waals surface area contributed by atoms with Crippen LogP contribution in [0, 0.1) is 4.77 Å². The number of H-pyrrole nitrogens is 1. The Labute approximate surface area is 124 Å². The first-order valence-electron chi connectivity index (χ1n) is 6.05. The molecule has 3 rings (SSSR count). The molecule has 1 fully saturated rings. The second kappa shape index (κ2) is 4.52. The van der Waals surface area contributed by atoms with E-state index >= 15 is 0 Å². The van der Waals surface area contributed by atoms with Crippen LogP contribution >= 0.6 is 28.1 Å². The minimum atomic E-state index is -0.774. The number of aromatic nitrogens is 3. The van der Waals surface area contributed by atoms with Gasteiger partial charge in [0.15, 0.2) is 4.77 Å². The molecule has 0 amide bonds. The smallest absolute Gasteiger partial charge is 0.194 e. The maximum Gasteiger partial charge on any atom is 0.194 e. The number of rotatable bonds is 2. The van der Waals surface area contributed by atoms with Gasteiger partial charge in [0.1, 0.15) is 12.0 Å². The molecule has 3 nitrogen and oxygen atoms in total. The molecule has 100 valence electrons. The van der Waals surface area contributed by atoms with Gasteiger partial charge in [0.2, 0.25) is 0 Å². The van der Waals surface area contributed by atoms with Crippen LogP contribution in [0.2, 0.25) is 0 Å². The van der Waals surface area contributed by atoms with E-state index in [1.165, 1.54) is 0 Å². The maximum absolute atomic E-state index is 13.5. The number of benzene rings is 1. The third kappa shape index (κ3) is 1.97. The molecule has 0 bridgehead atoms. The predicted octanol–water partition coefficient (Wildman–Crippen LogP) is 3.66. The van der Waals surface area contributed by atoms with Crippen molar-refractivity contribution in [1.29, 1.82) is 0 Å². The zero-order chi connectivity index (χ0) is 13.6. The summed E-state index contributed by atoms with van der Waals surface area (Å²) in [6.45, 7) is 0. The zero-order valence-electron chi connectivity index (χ0n) is 10.4. The van der Waals surface area contributed by atoms with E-state index in [0.29, 0.717) is 17.6 Å². The van der Waals surface area contributed by atoms with Crippen LogP contribution in [0.5, 0.6) is 0 Å². The monoisotopic (exact) mass is 341 g/mol. The quantitative estimate of drug-likeness (QED) is 0.845. The van der Waals surface area contributed by atoms with Gasteiger partial charge in [-0.2, -0.15) is 5.10 Å². The number of halogens is 2. The van der Waals surface area contributed by atoms with Crippen molar-refractivity contribution >= 4 is 28.1 Å². The first kappa shape index (κ1) is 13.0. The molecule has 1 aliphatic rings. The molecule has 1 saturated carbocycles. The van der Waals surface area contributed by atoms with E-state index < -0.39 is 6.17 Å². The lowest BCUT2D eigenvalue weighted by Crippen LogP contribution is -2.45. The summed E-state index contributed by atoms with van der Waals surface area (Å²) in [5, 5.41) is 7.11. The Morgan fingerprint density at radius 1 is 1.53 bits per heavy atom. The Bertz CT molecular complexity index is 673. The van der Waals surface area contributed by atoms with E-state index in [1.54, 1.807) is 0 Å². The maximum atomic E-state index is 13.5. The van der Waals surface area contributed by atoms with E-state index in [4.69, 9.17) is 12.2 Å². The van der Waals surface area contributed by atoms with Gasteiger partial charge in [0.05, 0.1) is 5.41 Å². The number of nitrogens with one attached hydrogen (secondary N) is 1. The molecule has 1 heterocycles. The van der Waals surface area contributed by atoms with Crippen LogP contribution in [0.15, 0.2) is 28.7 Å². The van der Waals surface area contributed by atoms with Gasteiger partial charge < -0.3 is 4.57 Å². The largest absolute Gasteiger partial charge is 0.307 e. The summed E-state index contributed by atoms with van der Waals surface area (Å²) in [5.74, 6) is 0.810. The summed E-state index contributed by atoms with van der Waals surface area (Å²) in [5.41, 5.74) is 0.707. The molecule has 0 saturated heterocycles. The highest BCUT2D eigenvalue weighted by Gasteiger charge is 2.50. The van der Waals surface area contributed by atoms with Crippen LogP contribution in [0.25, 0.3) is 0 Å². The van der Waals surface area contributed by atoms with Gasteiger partial charge in [0.25, 0.3) is 0 Å². The number of aromatic amines is 1. The molecule has 0 unspecified atom stereocenters. The van der Waals surface area contributed by atoms with Crippen LogP contribution < -0.4 is 0 Å². The number of alkyl halides is 1. The molecule has 1 aliphatic carbocycles. The van der Waals surface area contributed by atoms with Crippen molar-refractivity contribution in [1.82, 2.24) is 14.8 Å². The number of hydrogen-bond donors (Lipinski definition) is 1. The summed E-state index contributed by atoms with van der Waals surface area (Å²) in [6, 6.07) is 7.98. The molecule has 0 atom stereocenters. The van der Waals surface area contributed by atoms with E-state index in [1.807, 2.05) is 35.9 Å². The van der Waals surface area contributed by atoms with Crippen LogP contribution in [0.1, 0.15) is 24.2 Å². The highest BCUT2D eigenvalue weighted by molar-refractivity contribution is 9.10. The standard InChI is InChI=1S/C13H13BrFN3S/c1-18-11(16-17-12(18)19)13(6-10(15)7-13)8-3-2-4-9(14)5-8/h2-5,10H,6-7H2,1H3,(H,17,19). The lowest BCUT2D eigenvalue weighted by atomic mass is 9.62. The van der Waals surface area contributed by atoms with Gasteiger partial charge in [-0.05, 0) is 42.8 Å². The summed E-state index contributed by atoms with van der Waals surface area (Å²) in [7, 11) is 1.87. The van der Waals surface area contributed by atoms with Crippen LogP contribution in [0.3, 0.4) is 0 Å². The fourth-order valence-corrected chi connectivity index (χ4v) is 3.34. The van der Waals surface area contributed by atoms with Crippen molar-refractivity contribution in [2.24, 2.45) is 7.05 Å². The molecular weight excluding hydrogens is 329 g/mol. The Morgan fingerprint density at radius 3 is 2.79 bits per heavy atom. The minimum absolute atomic E-state index is 0.370.